The van der Waals surface area contributed by atoms with E-state index in [0.29, 0.717) is 5.91 Å². The molecule has 1 amide bonds. The predicted octanol–water partition coefficient (Wildman–Crippen LogP) is 2.76. The second-order valence-electron chi connectivity index (χ2n) is 9.42. The van der Waals surface area contributed by atoms with Crippen LogP contribution in [0, 0.1) is 0 Å². The first-order valence-corrected chi connectivity index (χ1v) is 12.2. The van der Waals surface area contributed by atoms with Crippen LogP contribution in [0.25, 0.3) is 0 Å². The van der Waals surface area contributed by atoms with Gasteiger partial charge in [0.05, 0.1) is 25.2 Å². The van der Waals surface area contributed by atoms with Crippen molar-refractivity contribution >= 4 is 5.91 Å². The first-order chi connectivity index (χ1) is 15.2. The number of ether oxygens (including phenoxy) is 2. The Morgan fingerprint density at radius 2 is 1.65 bits per heavy atom. The molecule has 0 bridgehead atoms. The predicted molar refractivity (Wildman–Crippen MR) is 123 cm³/mol. The highest BCUT2D eigenvalue weighted by Gasteiger charge is 2.43. The number of morpholine rings is 1. The molecule has 0 atom stereocenters. The number of hydrogen-bond donors (Lipinski definition) is 0. The molecule has 6 nitrogen and oxygen atoms in total. The number of rotatable bonds is 7. The monoisotopic (exact) mass is 429 g/mol. The molecule has 3 fully saturated rings. The lowest BCUT2D eigenvalue weighted by molar-refractivity contribution is -0.140. The summed E-state index contributed by atoms with van der Waals surface area (Å²) in [6.45, 7) is 9.16. The van der Waals surface area contributed by atoms with Gasteiger partial charge in [-0.2, -0.15) is 0 Å². The SMILES string of the molecule is CN1CCN(C(=O)C2(c3ccc(OCCCN4CCOCC4)cc3)CCCCC2)CC1. The van der Waals surface area contributed by atoms with Gasteiger partial charge in [0.1, 0.15) is 5.75 Å². The van der Waals surface area contributed by atoms with E-state index in [0.717, 1.165) is 103 Å². The molecule has 2 saturated heterocycles. The third kappa shape index (κ3) is 5.60. The fraction of sp³-hybridized carbons (Fsp3) is 0.720. The van der Waals surface area contributed by atoms with E-state index in [-0.39, 0.29) is 5.41 Å². The molecule has 6 heteroatoms. The summed E-state index contributed by atoms with van der Waals surface area (Å²) < 4.78 is 11.4. The molecule has 1 aromatic carbocycles. The molecule has 0 spiro atoms. The zero-order valence-corrected chi connectivity index (χ0v) is 19.2. The highest BCUT2D eigenvalue weighted by atomic mass is 16.5. The number of carbonyl (C=O) groups excluding carboxylic acids is 1. The van der Waals surface area contributed by atoms with E-state index in [2.05, 4.69) is 46.0 Å². The van der Waals surface area contributed by atoms with Crippen molar-refractivity contribution in [3.8, 4) is 5.75 Å². The first-order valence-electron chi connectivity index (χ1n) is 12.2. The molecule has 0 aromatic heterocycles. The normalized spacial score (nSPS) is 22.9. The van der Waals surface area contributed by atoms with Crippen LogP contribution in [0.3, 0.4) is 0 Å². The second kappa shape index (κ2) is 10.8. The maximum absolute atomic E-state index is 13.7. The average molecular weight is 430 g/mol. The number of nitrogens with zero attached hydrogens (tertiary/aromatic N) is 3. The molecule has 31 heavy (non-hydrogen) atoms. The minimum absolute atomic E-state index is 0.344. The van der Waals surface area contributed by atoms with E-state index in [4.69, 9.17) is 9.47 Å². The first kappa shape index (κ1) is 22.6. The van der Waals surface area contributed by atoms with Crippen LogP contribution >= 0.6 is 0 Å². The molecule has 4 rings (SSSR count). The molecule has 0 radical (unpaired) electrons. The summed E-state index contributed by atoms with van der Waals surface area (Å²) >= 11 is 0. The van der Waals surface area contributed by atoms with Gasteiger partial charge in [-0.3, -0.25) is 9.69 Å². The Balaban J connectivity index is 1.35. The third-order valence-corrected chi connectivity index (χ3v) is 7.30. The van der Waals surface area contributed by atoms with Crippen molar-refractivity contribution in [3.63, 3.8) is 0 Å². The van der Waals surface area contributed by atoms with Crippen LogP contribution in [0.15, 0.2) is 24.3 Å². The highest BCUT2D eigenvalue weighted by Crippen LogP contribution is 2.41. The van der Waals surface area contributed by atoms with E-state index < -0.39 is 0 Å². The summed E-state index contributed by atoms with van der Waals surface area (Å²) in [5.41, 5.74) is 0.833. The van der Waals surface area contributed by atoms with Gasteiger partial charge in [0.15, 0.2) is 0 Å². The van der Waals surface area contributed by atoms with Crippen molar-refractivity contribution in [2.45, 2.75) is 43.9 Å². The van der Waals surface area contributed by atoms with Gasteiger partial charge < -0.3 is 19.3 Å². The molecule has 1 saturated carbocycles. The van der Waals surface area contributed by atoms with E-state index in [1.54, 1.807) is 0 Å². The molecule has 2 aliphatic heterocycles. The standard InChI is InChI=1S/C25H39N3O3/c1-26-13-15-28(16-14-26)24(29)25(10-3-2-4-11-25)22-6-8-23(9-7-22)31-19-5-12-27-17-20-30-21-18-27/h6-9H,2-5,10-21H2,1H3. The summed E-state index contributed by atoms with van der Waals surface area (Å²) in [4.78, 5) is 20.5. The van der Waals surface area contributed by atoms with Crippen molar-refractivity contribution in [1.82, 2.24) is 14.7 Å². The Hall–Kier alpha value is -1.63. The number of hydrogen-bond acceptors (Lipinski definition) is 5. The largest absolute Gasteiger partial charge is 0.494 e. The minimum Gasteiger partial charge on any atom is -0.494 e. The molecule has 1 aromatic rings. The Kier molecular flexibility index (Phi) is 7.86. The summed E-state index contributed by atoms with van der Waals surface area (Å²) in [5, 5.41) is 0. The van der Waals surface area contributed by atoms with Gasteiger partial charge >= 0.3 is 0 Å². The van der Waals surface area contributed by atoms with Gasteiger partial charge in [0.2, 0.25) is 5.91 Å². The average Bonchev–Trinajstić information content (AvgIpc) is 2.83. The van der Waals surface area contributed by atoms with Crippen LogP contribution in [0.4, 0.5) is 0 Å². The van der Waals surface area contributed by atoms with Crippen LogP contribution in [-0.4, -0.2) is 93.3 Å². The van der Waals surface area contributed by atoms with E-state index >= 15 is 0 Å². The van der Waals surface area contributed by atoms with Gasteiger partial charge in [0, 0.05) is 45.8 Å². The number of benzene rings is 1. The minimum atomic E-state index is -0.344. The molecule has 172 valence electrons. The van der Waals surface area contributed by atoms with Crippen LogP contribution in [0.1, 0.15) is 44.1 Å². The van der Waals surface area contributed by atoms with Gasteiger partial charge in [0.25, 0.3) is 0 Å². The molecule has 3 aliphatic rings. The van der Waals surface area contributed by atoms with Crippen molar-refractivity contribution < 1.29 is 14.3 Å². The lowest BCUT2D eigenvalue weighted by Crippen LogP contribution is -2.54. The van der Waals surface area contributed by atoms with Crippen LogP contribution in [0.2, 0.25) is 0 Å². The Morgan fingerprint density at radius 1 is 0.968 bits per heavy atom. The maximum atomic E-state index is 13.7. The molecule has 0 unspecified atom stereocenters. The van der Waals surface area contributed by atoms with Crippen LogP contribution in [0.5, 0.6) is 5.75 Å². The van der Waals surface area contributed by atoms with Gasteiger partial charge in [-0.25, -0.2) is 0 Å². The molecular formula is C25H39N3O3. The van der Waals surface area contributed by atoms with Gasteiger partial charge in [-0.15, -0.1) is 0 Å². The molecule has 1 aliphatic carbocycles. The Bertz CT molecular complexity index is 688. The third-order valence-electron chi connectivity index (χ3n) is 7.30. The molecular weight excluding hydrogens is 390 g/mol. The summed E-state index contributed by atoms with van der Waals surface area (Å²) in [6, 6.07) is 8.43. The van der Waals surface area contributed by atoms with Crippen molar-refractivity contribution in [2.24, 2.45) is 0 Å². The lowest BCUT2D eigenvalue weighted by atomic mass is 9.68. The second-order valence-corrected chi connectivity index (χ2v) is 9.42. The fourth-order valence-corrected chi connectivity index (χ4v) is 5.27. The summed E-state index contributed by atoms with van der Waals surface area (Å²) in [7, 11) is 2.14. The number of carbonyl (C=O) groups is 1. The lowest BCUT2D eigenvalue weighted by Gasteiger charge is -2.42. The van der Waals surface area contributed by atoms with Crippen LogP contribution < -0.4 is 4.74 Å². The Morgan fingerprint density at radius 3 is 2.32 bits per heavy atom. The smallest absolute Gasteiger partial charge is 0.233 e. The van der Waals surface area contributed by atoms with Gasteiger partial charge in [-0.05, 0) is 44.0 Å². The summed E-state index contributed by atoms with van der Waals surface area (Å²) in [5.74, 6) is 1.25. The zero-order chi connectivity index (χ0) is 21.5. The highest BCUT2D eigenvalue weighted by molar-refractivity contribution is 5.88. The fourth-order valence-electron chi connectivity index (χ4n) is 5.27. The van der Waals surface area contributed by atoms with E-state index in [9.17, 15) is 4.79 Å². The zero-order valence-electron chi connectivity index (χ0n) is 19.2. The van der Waals surface area contributed by atoms with Crippen molar-refractivity contribution in [3.05, 3.63) is 29.8 Å². The maximum Gasteiger partial charge on any atom is 0.233 e. The van der Waals surface area contributed by atoms with Crippen LogP contribution in [-0.2, 0) is 14.9 Å². The van der Waals surface area contributed by atoms with Crippen molar-refractivity contribution in [2.75, 3.05) is 72.7 Å². The number of likely N-dealkylation sites (N-methyl/N-ethyl adjacent to an activating group) is 1. The van der Waals surface area contributed by atoms with Gasteiger partial charge in [-0.1, -0.05) is 31.4 Å². The molecule has 0 N–H and O–H groups in total. The number of amides is 1. The topological polar surface area (TPSA) is 45.2 Å². The quantitative estimate of drug-likeness (QED) is 0.624. The van der Waals surface area contributed by atoms with Crippen molar-refractivity contribution in [1.29, 1.82) is 0 Å². The van der Waals surface area contributed by atoms with E-state index in [1.165, 1.54) is 12.0 Å². The molecule has 2 heterocycles. The van der Waals surface area contributed by atoms with E-state index in [1.807, 2.05) is 0 Å². The number of piperazine rings is 1. The Labute approximate surface area is 187 Å². The summed E-state index contributed by atoms with van der Waals surface area (Å²) in [6.07, 6.45) is 6.48.